The predicted molar refractivity (Wildman–Crippen MR) is 58.1 cm³/mol. The van der Waals surface area contributed by atoms with Gasteiger partial charge in [0.2, 0.25) is 0 Å². The highest BCUT2D eigenvalue weighted by Gasteiger charge is 2.24. The lowest BCUT2D eigenvalue weighted by molar-refractivity contribution is 0.111. The fourth-order valence-corrected chi connectivity index (χ4v) is 2.45. The van der Waals surface area contributed by atoms with Crippen molar-refractivity contribution in [2.24, 2.45) is 5.92 Å². The normalized spacial score (nSPS) is 19.9. The topological polar surface area (TPSA) is 20.2 Å². The second-order valence-electron chi connectivity index (χ2n) is 4.35. The van der Waals surface area contributed by atoms with Gasteiger partial charge in [-0.3, -0.25) is 0 Å². The van der Waals surface area contributed by atoms with Crippen molar-refractivity contribution >= 4 is 0 Å². The number of benzene rings is 1. The van der Waals surface area contributed by atoms with Gasteiger partial charge in [-0.15, -0.1) is 0 Å². The fraction of sp³-hybridized carbons (Fsp3) is 0.538. The average molecular weight is 190 g/mol. The van der Waals surface area contributed by atoms with Crippen LogP contribution in [-0.4, -0.2) is 5.11 Å². The lowest BCUT2D eigenvalue weighted by Gasteiger charge is -2.19. The van der Waals surface area contributed by atoms with Crippen molar-refractivity contribution < 1.29 is 5.11 Å². The molecule has 1 saturated carbocycles. The minimum atomic E-state index is -0.237. The molecule has 14 heavy (non-hydrogen) atoms. The smallest absolute Gasteiger partial charge is 0.0820 e. The fourth-order valence-electron chi connectivity index (χ4n) is 2.45. The maximum atomic E-state index is 10.2. The first-order valence-electron chi connectivity index (χ1n) is 5.52. The molecule has 0 radical (unpaired) electrons. The van der Waals surface area contributed by atoms with Crippen LogP contribution in [-0.2, 0) is 0 Å². The van der Waals surface area contributed by atoms with Crippen molar-refractivity contribution in [1.29, 1.82) is 0 Å². The molecule has 2 rings (SSSR count). The zero-order valence-corrected chi connectivity index (χ0v) is 8.74. The molecule has 0 amide bonds. The zero-order chi connectivity index (χ0) is 9.97. The highest BCUT2D eigenvalue weighted by molar-refractivity contribution is 5.28. The highest BCUT2D eigenvalue weighted by atomic mass is 16.3. The Bertz CT molecular complexity index is 300. The Morgan fingerprint density at radius 2 is 1.86 bits per heavy atom. The van der Waals surface area contributed by atoms with Gasteiger partial charge in [0.1, 0.15) is 0 Å². The molecule has 1 N–H and O–H groups in total. The third kappa shape index (κ3) is 1.83. The summed E-state index contributed by atoms with van der Waals surface area (Å²) in [6, 6.07) is 8.17. The summed E-state index contributed by atoms with van der Waals surface area (Å²) < 4.78 is 0. The second-order valence-corrected chi connectivity index (χ2v) is 4.35. The van der Waals surface area contributed by atoms with E-state index in [2.05, 4.69) is 19.1 Å². The van der Waals surface area contributed by atoms with E-state index in [1.54, 1.807) is 0 Å². The molecule has 0 bridgehead atoms. The van der Waals surface area contributed by atoms with E-state index >= 15 is 0 Å². The number of rotatable bonds is 2. The maximum absolute atomic E-state index is 10.2. The quantitative estimate of drug-likeness (QED) is 0.759. The van der Waals surface area contributed by atoms with Crippen LogP contribution < -0.4 is 0 Å². The summed E-state index contributed by atoms with van der Waals surface area (Å²) in [4.78, 5) is 0. The van der Waals surface area contributed by atoms with Crippen LogP contribution in [0.25, 0.3) is 0 Å². The lowest BCUT2D eigenvalue weighted by Crippen LogP contribution is -2.10. The minimum absolute atomic E-state index is 0.237. The van der Waals surface area contributed by atoms with Crippen molar-refractivity contribution in [2.45, 2.75) is 38.7 Å². The Hall–Kier alpha value is -0.820. The van der Waals surface area contributed by atoms with Crippen molar-refractivity contribution in [3.63, 3.8) is 0 Å². The van der Waals surface area contributed by atoms with Gasteiger partial charge in [0.05, 0.1) is 6.10 Å². The van der Waals surface area contributed by atoms with Crippen LogP contribution in [0, 0.1) is 12.8 Å². The lowest BCUT2D eigenvalue weighted by atomic mass is 9.92. The summed E-state index contributed by atoms with van der Waals surface area (Å²) in [5.41, 5.74) is 2.34. The van der Waals surface area contributed by atoms with Gasteiger partial charge in [0.15, 0.2) is 0 Å². The average Bonchev–Trinajstić information content (AvgIpc) is 2.70. The summed E-state index contributed by atoms with van der Waals surface area (Å²) in [6.45, 7) is 2.08. The van der Waals surface area contributed by atoms with E-state index < -0.39 is 0 Å². The molecule has 0 unspecified atom stereocenters. The van der Waals surface area contributed by atoms with Crippen LogP contribution in [0.5, 0.6) is 0 Å². The molecule has 76 valence electrons. The monoisotopic (exact) mass is 190 g/mol. The molecule has 1 aromatic carbocycles. The molecule has 1 aliphatic rings. The standard InChI is InChI=1S/C13H18O/c1-10-6-2-5-9-12(10)13(14)11-7-3-4-8-11/h2,5-6,9,11,13-14H,3-4,7-8H2,1H3/t13-/m0/s1. The summed E-state index contributed by atoms with van der Waals surface area (Å²) in [6.07, 6.45) is 4.71. The SMILES string of the molecule is Cc1ccccc1[C@@H](O)C1CCCC1. The summed E-state index contributed by atoms with van der Waals surface area (Å²) in [5, 5.41) is 10.2. The van der Waals surface area contributed by atoms with Gasteiger partial charge < -0.3 is 5.11 Å². The Balaban J connectivity index is 2.17. The van der Waals surface area contributed by atoms with E-state index in [9.17, 15) is 5.11 Å². The molecule has 1 atom stereocenters. The van der Waals surface area contributed by atoms with Gasteiger partial charge in [-0.1, -0.05) is 37.1 Å². The number of aliphatic hydroxyl groups excluding tert-OH is 1. The molecule has 1 fully saturated rings. The summed E-state index contributed by atoms with van der Waals surface area (Å²) >= 11 is 0. The molecular weight excluding hydrogens is 172 g/mol. The van der Waals surface area contributed by atoms with E-state index in [0.717, 1.165) is 5.56 Å². The van der Waals surface area contributed by atoms with Crippen LogP contribution in [0.15, 0.2) is 24.3 Å². The Morgan fingerprint density at radius 1 is 1.21 bits per heavy atom. The molecule has 1 heteroatoms. The number of hydrogen-bond donors (Lipinski definition) is 1. The summed E-state index contributed by atoms with van der Waals surface area (Å²) in [7, 11) is 0. The van der Waals surface area contributed by atoms with Crippen molar-refractivity contribution in [3.05, 3.63) is 35.4 Å². The number of hydrogen-bond acceptors (Lipinski definition) is 1. The van der Waals surface area contributed by atoms with Crippen LogP contribution in [0.3, 0.4) is 0 Å². The van der Waals surface area contributed by atoms with E-state index in [1.165, 1.54) is 31.2 Å². The molecule has 1 nitrogen and oxygen atoms in total. The first-order chi connectivity index (χ1) is 6.79. The van der Waals surface area contributed by atoms with E-state index in [4.69, 9.17) is 0 Å². The second kappa shape index (κ2) is 4.14. The van der Waals surface area contributed by atoms with Crippen molar-refractivity contribution in [3.8, 4) is 0 Å². The Morgan fingerprint density at radius 3 is 2.50 bits per heavy atom. The predicted octanol–water partition coefficient (Wildman–Crippen LogP) is 3.22. The van der Waals surface area contributed by atoms with E-state index in [1.807, 2.05) is 12.1 Å². The Kier molecular flexibility index (Phi) is 2.87. The number of aryl methyl sites for hydroxylation is 1. The molecule has 1 aromatic rings. The van der Waals surface area contributed by atoms with Crippen molar-refractivity contribution in [2.75, 3.05) is 0 Å². The molecule has 0 heterocycles. The zero-order valence-electron chi connectivity index (χ0n) is 8.74. The molecule has 0 aromatic heterocycles. The van der Waals surface area contributed by atoms with Gasteiger partial charge in [-0.25, -0.2) is 0 Å². The van der Waals surface area contributed by atoms with Gasteiger partial charge in [-0.05, 0) is 36.8 Å². The van der Waals surface area contributed by atoms with Crippen LogP contribution in [0.4, 0.5) is 0 Å². The minimum Gasteiger partial charge on any atom is -0.388 e. The van der Waals surface area contributed by atoms with Gasteiger partial charge in [0.25, 0.3) is 0 Å². The first-order valence-corrected chi connectivity index (χ1v) is 5.52. The molecule has 0 aliphatic heterocycles. The number of aliphatic hydroxyl groups is 1. The molecule has 1 aliphatic carbocycles. The van der Waals surface area contributed by atoms with Crippen LogP contribution >= 0.6 is 0 Å². The molecular formula is C13H18O. The van der Waals surface area contributed by atoms with Crippen molar-refractivity contribution in [1.82, 2.24) is 0 Å². The maximum Gasteiger partial charge on any atom is 0.0820 e. The first kappa shape index (κ1) is 9.72. The van der Waals surface area contributed by atoms with E-state index in [-0.39, 0.29) is 6.10 Å². The third-order valence-corrected chi connectivity index (χ3v) is 3.35. The van der Waals surface area contributed by atoms with Gasteiger partial charge in [-0.2, -0.15) is 0 Å². The molecule has 0 spiro atoms. The van der Waals surface area contributed by atoms with E-state index in [0.29, 0.717) is 5.92 Å². The van der Waals surface area contributed by atoms with Crippen LogP contribution in [0.1, 0.15) is 42.9 Å². The molecule has 0 saturated heterocycles. The van der Waals surface area contributed by atoms with Gasteiger partial charge >= 0.3 is 0 Å². The third-order valence-electron chi connectivity index (χ3n) is 3.35. The van der Waals surface area contributed by atoms with Crippen LogP contribution in [0.2, 0.25) is 0 Å². The largest absolute Gasteiger partial charge is 0.388 e. The Labute approximate surface area is 85.8 Å². The van der Waals surface area contributed by atoms with Gasteiger partial charge in [0, 0.05) is 0 Å². The summed E-state index contributed by atoms with van der Waals surface area (Å²) in [5.74, 6) is 0.496. The highest BCUT2D eigenvalue weighted by Crippen LogP contribution is 2.36.